The van der Waals surface area contributed by atoms with Gasteiger partial charge in [0.2, 0.25) is 10.0 Å². The number of hydrogen-bond donors (Lipinski definition) is 1. The number of sulfonamides is 1. The molecule has 0 aliphatic carbocycles. The molecule has 0 aromatic heterocycles. The molecule has 1 amide bonds. The van der Waals surface area contributed by atoms with Crippen LogP contribution in [-0.4, -0.2) is 39.9 Å². The van der Waals surface area contributed by atoms with E-state index in [9.17, 15) is 13.2 Å². The average Bonchev–Trinajstić information content (AvgIpc) is 2.63. The normalized spacial score (nSPS) is 11.8. The SMILES string of the molecule is COc1ccc(N(CC(=O)N/N=C(/C)c2cccc(I)c2)S(C)(=O)=O)cc1Cl. The van der Waals surface area contributed by atoms with Crippen LogP contribution in [0, 0.1) is 3.57 Å². The summed E-state index contributed by atoms with van der Waals surface area (Å²) in [5.74, 6) is -0.177. The number of carbonyl (C=O) groups excluding carboxylic acids is 1. The Hall–Kier alpha value is -1.85. The van der Waals surface area contributed by atoms with E-state index >= 15 is 0 Å². The Morgan fingerprint density at radius 1 is 1.29 bits per heavy atom. The zero-order valence-electron chi connectivity index (χ0n) is 15.4. The maximum Gasteiger partial charge on any atom is 0.260 e. The van der Waals surface area contributed by atoms with E-state index in [1.165, 1.54) is 25.3 Å². The molecule has 0 unspecified atom stereocenters. The molecular weight excluding hydrogens is 517 g/mol. The first kappa shape index (κ1) is 22.4. The fraction of sp³-hybridized carbons (Fsp3) is 0.222. The summed E-state index contributed by atoms with van der Waals surface area (Å²) in [7, 11) is -2.27. The lowest BCUT2D eigenvalue weighted by Gasteiger charge is -2.22. The zero-order valence-corrected chi connectivity index (χ0v) is 19.2. The predicted molar refractivity (Wildman–Crippen MR) is 120 cm³/mol. The number of methoxy groups -OCH3 is 1. The van der Waals surface area contributed by atoms with Crippen LogP contribution >= 0.6 is 34.2 Å². The van der Waals surface area contributed by atoms with Crippen LogP contribution in [0.25, 0.3) is 0 Å². The summed E-state index contributed by atoms with van der Waals surface area (Å²) in [4.78, 5) is 12.3. The molecule has 0 fully saturated rings. The minimum atomic E-state index is -3.72. The predicted octanol–water partition coefficient (Wildman–Crippen LogP) is 3.26. The van der Waals surface area contributed by atoms with Crippen LogP contribution < -0.4 is 14.5 Å². The quantitative estimate of drug-likeness (QED) is 0.335. The van der Waals surface area contributed by atoms with Crippen molar-refractivity contribution in [2.45, 2.75) is 6.92 Å². The van der Waals surface area contributed by atoms with E-state index < -0.39 is 22.5 Å². The van der Waals surface area contributed by atoms with E-state index in [-0.39, 0.29) is 10.7 Å². The number of hydrogen-bond acceptors (Lipinski definition) is 5. The van der Waals surface area contributed by atoms with E-state index in [1.807, 2.05) is 24.3 Å². The van der Waals surface area contributed by atoms with Gasteiger partial charge in [0, 0.05) is 3.57 Å². The van der Waals surface area contributed by atoms with Crippen molar-refractivity contribution in [3.8, 4) is 5.75 Å². The number of nitrogens with one attached hydrogen (secondary N) is 1. The van der Waals surface area contributed by atoms with E-state index in [0.29, 0.717) is 11.5 Å². The third-order valence-electron chi connectivity index (χ3n) is 3.70. The molecule has 0 saturated carbocycles. The number of halogens is 2. The van der Waals surface area contributed by atoms with Gasteiger partial charge in [-0.15, -0.1) is 0 Å². The van der Waals surface area contributed by atoms with Crippen molar-refractivity contribution in [3.05, 3.63) is 56.6 Å². The molecule has 0 aliphatic heterocycles. The Morgan fingerprint density at radius 3 is 2.57 bits per heavy atom. The highest BCUT2D eigenvalue weighted by Crippen LogP contribution is 2.30. The Kier molecular flexibility index (Phi) is 7.67. The molecule has 0 heterocycles. The number of amides is 1. The standard InChI is InChI=1S/C18H19ClIN3O4S/c1-12(13-5-4-6-14(20)9-13)21-22-18(24)11-23(28(3,25)26)15-7-8-17(27-2)16(19)10-15/h4-10H,11H2,1-3H3,(H,22,24)/b21-12-. The number of hydrazone groups is 1. The van der Waals surface area contributed by atoms with Gasteiger partial charge in [0.25, 0.3) is 5.91 Å². The fourth-order valence-electron chi connectivity index (χ4n) is 2.30. The molecule has 150 valence electrons. The monoisotopic (exact) mass is 535 g/mol. The summed E-state index contributed by atoms with van der Waals surface area (Å²) >= 11 is 8.26. The van der Waals surface area contributed by atoms with Crippen LogP contribution in [0.3, 0.4) is 0 Å². The summed E-state index contributed by atoms with van der Waals surface area (Å²) < 4.78 is 31.4. The fourth-order valence-corrected chi connectivity index (χ4v) is 3.94. The highest BCUT2D eigenvalue weighted by molar-refractivity contribution is 14.1. The van der Waals surface area contributed by atoms with Crippen molar-refractivity contribution in [2.75, 3.05) is 24.2 Å². The van der Waals surface area contributed by atoms with Crippen LogP contribution in [-0.2, 0) is 14.8 Å². The van der Waals surface area contributed by atoms with Crippen molar-refractivity contribution in [1.29, 1.82) is 0 Å². The third kappa shape index (κ3) is 6.08. The van der Waals surface area contributed by atoms with Crippen molar-refractivity contribution < 1.29 is 17.9 Å². The van der Waals surface area contributed by atoms with Gasteiger partial charge in [-0.3, -0.25) is 9.10 Å². The molecule has 2 rings (SSSR count). The lowest BCUT2D eigenvalue weighted by Crippen LogP contribution is -2.39. The minimum Gasteiger partial charge on any atom is -0.495 e. The second-order valence-corrected chi connectivity index (χ2v) is 9.39. The topological polar surface area (TPSA) is 88.1 Å². The summed E-state index contributed by atoms with van der Waals surface area (Å²) in [6, 6.07) is 12.1. The molecule has 0 atom stereocenters. The molecule has 0 saturated heterocycles. The lowest BCUT2D eigenvalue weighted by molar-refractivity contribution is -0.119. The van der Waals surface area contributed by atoms with Crippen molar-refractivity contribution in [1.82, 2.24) is 5.43 Å². The van der Waals surface area contributed by atoms with Gasteiger partial charge in [0.05, 0.1) is 29.8 Å². The molecule has 0 radical (unpaired) electrons. The number of carbonyl (C=O) groups is 1. The Morgan fingerprint density at radius 2 is 2.00 bits per heavy atom. The average molecular weight is 536 g/mol. The second-order valence-electron chi connectivity index (χ2n) is 5.83. The van der Waals surface area contributed by atoms with E-state index in [1.54, 1.807) is 6.92 Å². The molecule has 28 heavy (non-hydrogen) atoms. The first-order valence-corrected chi connectivity index (χ1v) is 11.3. The highest BCUT2D eigenvalue weighted by Gasteiger charge is 2.21. The van der Waals surface area contributed by atoms with Crippen LogP contribution in [0.1, 0.15) is 12.5 Å². The van der Waals surface area contributed by atoms with Gasteiger partial charge in [-0.05, 0) is 65.4 Å². The Balaban J connectivity index is 2.18. The molecule has 1 N–H and O–H groups in total. The highest BCUT2D eigenvalue weighted by atomic mass is 127. The van der Waals surface area contributed by atoms with Crippen LogP contribution in [0.2, 0.25) is 5.02 Å². The van der Waals surface area contributed by atoms with E-state index in [4.69, 9.17) is 16.3 Å². The van der Waals surface area contributed by atoms with Gasteiger partial charge in [-0.25, -0.2) is 13.8 Å². The van der Waals surface area contributed by atoms with Gasteiger partial charge in [-0.1, -0.05) is 23.7 Å². The summed E-state index contributed by atoms with van der Waals surface area (Å²) in [5.41, 5.74) is 4.10. The van der Waals surface area contributed by atoms with Crippen LogP contribution in [0.15, 0.2) is 47.6 Å². The molecule has 2 aromatic carbocycles. The molecule has 0 spiro atoms. The van der Waals surface area contributed by atoms with E-state index in [2.05, 4.69) is 33.1 Å². The van der Waals surface area contributed by atoms with Gasteiger partial charge in [-0.2, -0.15) is 5.10 Å². The van der Waals surface area contributed by atoms with E-state index in [0.717, 1.165) is 19.7 Å². The molecule has 0 aliphatic rings. The molecule has 10 heteroatoms. The number of ether oxygens (including phenoxy) is 1. The van der Waals surface area contributed by atoms with Gasteiger partial charge in [0.15, 0.2) is 0 Å². The number of nitrogens with zero attached hydrogens (tertiary/aromatic N) is 2. The first-order valence-electron chi connectivity index (χ1n) is 8.02. The molecule has 7 nitrogen and oxygen atoms in total. The lowest BCUT2D eigenvalue weighted by atomic mass is 10.1. The molecule has 2 aromatic rings. The van der Waals surface area contributed by atoms with Gasteiger partial charge < -0.3 is 4.74 Å². The van der Waals surface area contributed by atoms with Crippen LogP contribution in [0.4, 0.5) is 5.69 Å². The van der Waals surface area contributed by atoms with Gasteiger partial charge in [0.1, 0.15) is 12.3 Å². The Bertz CT molecular complexity index is 1010. The minimum absolute atomic E-state index is 0.238. The third-order valence-corrected chi connectivity index (χ3v) is 5.81. The largest absolute Gasteiger partial charge is 0.495 e. The van der Waals surface area contributed by atoms with Crippen molar-refractivity contribution in [2.24, 2.45) is 5.10 Å². The second kappa shape index (κ2) is 9.57. The maximum atomic E-state index is 12.3. The Labute approximate surface area is 182 Å². The summed E-state index contributed by atoms with van der Waals surface area (Å²) in [5, 5.41) is 4.29. The number of anilines is 1. The summed E-state index contributed by atoms with van der Waals surface area (Å²) in [6.45, 7) is 1.31. The molecule has 0 bridgehead atoms. The number of rotatable bonds is 7. The summed E-state index contributed by atoms with van der Waals surface area (Å²) in [6.07, 6.45) is 1.01. The maximum absolute atomic E-state index is 12.3. The first-order chi connectivity index (χ1) is 13.1. The number of benzene rings is 2. The van der Waals surface area contributed by atoms with Crippen molar-refractivity contribution in [3.63, 3.8) is 0 Å². The van der Waals surface area contributed by atoms with Gasteiger partial charge >= 0.3 is 0 Å². The van der Waals surface area contributed by atoms with Crippen LogP contribution in [0.5, 0.6) is 5.75 Å². The smallest absolute Gasteiger partial charge is 0.260 e. The molecular formula is C18H19ClIN3O4S. The van der Waals surface area contributed by atoms with Crippen molar-refractivity contribution >= 4 is 61.5 Å². The zero-order chi connectivity index (χ0) is 20.9.